The van der Waals surface area contributed by atoms with E-state index < -0.39 is 0 Å². The summed E-state index contributed by atoms with van der Waals surface area (Å²) < 4.78 is 0. The fourth-order valence-corrected chi connectivity index (χ4v) is 2.85. The molecule has 2 aliphatic rings. The van der Waals surface area contributed by atoms with Crippen molar-refractivity contribution >= 4 is 23.2 Å². The molecule has 0 radical (unpaired) electrons. The lowest BCUT2D eigenvalue weighted by molar-refractivity contribution is -0.129. The van der Waals surface area contributed by atoms with E-state index in [1.807, 2.05) is 18.2 Å². The molecule has 106 valence electrons. The highest BCUT2D eigenvalue weighted by molar-refractivity contribution is 5.98. The van der Waals surface area contributed by atoms with Crippen molar-refractivity contribution in [3.8, 4) is 0 Å². The first-order chi connectivity index (χ1) is 9.63. The molecule has 0 saturated heterocycles. The highest BCUT2D eigenvalue weighted by atomic mass is 16.2. The van der Waals surface area contributed by atoms with Gasteiger partial charge in [0.05, 0.1) is 5.41 Å². The number of fused-ring (bicyclic) bond motifs is 1. The lowest BCUT2D eigenvalue weighted by atomic mass is 9.68. The average molecular weight is 273 g/mol. The van der Waals surface area contributed by atoms with Crippen molar-refractivity contribution in [3.05, 3.63) is 23.8 Å². The van der Waals surface area contributed by atoms with E-state index in [-0.39, 0.29) is 17.2 Å². The summed E-state index contributed by atoms with van der Waals surface area (Å²) in [7, 11) is 0. The maximum Gasteiger partial charge on any atom is 0.231 e. The summed E-state index contributed by atoms with van der Waals surface area (Å²) in [4.78, 5) is 23.6. The van der Waals surface area contributed by atoms with Crippen LogP contribution in [0.15, 0.2) is 18.2 Å². The summed E-state index contributed by atoms with van der Waals surface area (Å²) in [5, 5.41) is 5.80. The normalized spacial score (nSPS) is 19.6. The standard InChI is InChI=1S/C15H19N3O2/c16-9-15(6-1-7-15)14(20)17-11-3-4-12-10(8-11)2-5-13(19)18-12/h3-4,8H,1-2,5-7,9,16H2,(H,17,20)(H,18,19). The molecule has 5 heteroatoms. The third kappa shape index (κ3) is 2.18. The molecule has 1 aromatic carbocycles. The maximum absolute atomic E-state index is 12.3. The SMILES string of the molecule is NCC1(C(=O)Nc2ccc3c(c2)CCC(=O)N3)CCC1. The van der Waals surface area contributed by atoms with Gasteiger partial charge in [0.25, 0.3) is 0 Å². The van der Waals surface area contributed by atoms with Crippen LogP contribution >= 0.6 is 0 Å². The lowest BCUT2D eigenvalue weighted by Gasteiger charge is -2.39. The van der Waals surface area contributed by atoms with Gasteiger partial charge in [0.1, 0.15) is 0 Å². The van der Waals surface area contributed by atoms with Crippen molar-refractivity contribution in [2.45, 2.75) is 32.1 Å². The molecule has 1 aliphatic carbocycles. The Kier molecular flexibility index (Phi) is 3.22. The topological polar surface area (TPSA) is 84.2 Å². The fraction of sp³-hybridized carbons (Fsp3) is 0.467. The van der Waals surface area contributed by atoms with Gasteiger partial charge in [-0.2, -0.15) is 0 Å². The Bertz CT molecular complexity index is 559. The van der Waals surface area contributed by atoms with E-state index in [1.54, 1.807) is 0 Å². The molecule has 0 spiro atoms. The predicted molar refractivity (Wildman–Crippen MR) is 77.4 cm³/mol. The van der Waals surface area contributed by atoms with Crippen LogP contribution in [0.5, 0.6) is 0 Å². The predicted octanol–water partition coefficient (Wildman–Crippen LogP) is 1.64. The summed E-state index contributed by atoms with van der Waals surface area (Å²) >= 11 is 0. The monoisotopic (exact) mass is 273 g/mol. The number of nitrogens with one attached hydrogen (secondary N) is 2. The van der Waals surface area contributed by atoms with Crippen LogP contribution < -0.4 is 16.4 Å². The van der Waals surface area contributed by atoms with Gasteiger partial charge < -0.3 is 16.4 Å². The molecule has 4 N–H and O–H groups in total. The van der Waals surface area contributed by atoms with Gasteiger partial charge >= 0.3 is 0 Å². The van der Waals surface area contributed by atoms with Gasteiger partial charge in [-0.05, 0) is 43.0 Å². The van der Waals surface area contributed by atoms with Crippen molar-refractivity contribution in [2.24, 2.45) is 11.1 Å². The summed E-state index contributed by atoms with van der Waals surface area (Å²) in [5.41, 5.74) is 8.06. The molecule has 3 rings (SSSR count). The summed E-state index contributed by atoms with van der Waals surface area (Å²) in [6, 6.07) is 5.61. The summed E-state index contributed by atoms with van der Waals surface area (Å²) in [6.07, 6.45) is 4.03. The van der Waals surface area contributed by atoms with Gasteiger partial charge in [0.2, 0.25) is 11.8 Å². The maximum atomic E-state index is 12.3. The first-order valence-electron chi connectivity index (χ1n) is 7.07. The first-order valence-corrected chi connectivity index (χ1v) is 7.07. The Morgan fingerprint density at radius 3 is 2.80 bits per heavy atom. The van der Waals surface area contributed by atoms with E-state index in [2.05, 4.69) is 10.6 Å². The van der Waals surface area contributed by atoms with E-state index in [0.717, 1.165) is 36.2 Å². The minimum atomic E-state index is -0.371. The molecule has 0 unspecified atom stereocenters. The van der Waals surface area contributed by atoms with Gasteiger partial charge in [-0.25, -0.2) is 0 Å². The van der Waals surface area contributed by atoms with Gasteiger partial charge in [0.15, 0.2) is 0 Å². The Morgan fingerprint density at radius 2 is 2.15 bits per heavy atom. The fourth-order valence-electron chi connectivity index (χ4n) is 2.85. The smallest absolute Gasteiger partial charge is 0.231 e. The number of hydrogen-bond acceptors (Lipinski definition) is 3. The van der Waals surface area contributed by atoms with Crippen LogP contribution in [0.25, 0.3) is 0 Å². The molecule has 20 heavy (non-hydrogen) atoms. The molecule has 1 fully saturated rings. The minimum Gasteiger partial charge on any atom is -0.329 e. The summed E-state index contributed by atoms with van der Waals surface area (Å²) in [6.45, 7) is 0.403. The molecular weight excluding hydrogens is 254 g/mol. The quantitative estimate of drug-likeness (QED) is 0.782. The Hall–Kier alpha value is -1.88. The van der Waals surface area contributed by atoms with E-state index in [4.69, 9.17) is 5.73 Å². The van der Waals surface area contributed by atoms with Crippen LogP contribution in [-0.4, -0.2) is 18.4 Å². The Morgan fingerprint density at radius 1 is 1.35 bits per heavy atom. The number of anilines is 2. The Balaban J connectivity index is 1.75. The lowest BCUT2D eigenvalue weighted by Crippen LogP contribution is -2.47. The van der Waals surface area contributed by atoms with Crippen molar-refractivity contribution in [2.75, 3.05) is 17.2 Å². The number of hydrogen-bond donors (Lipinski definition) is 3. The second-order valence-electron chi connectivity index (χ2n) is 5.71. The molecule has 1 heterocycles. The number of benzene rings is 1. The van der Waals surface area contributed by atoms with Crippen LogP contribution in [-0.2, 0) is 16.0 Å². The molecule has 1 saturated carbocycles. The highest BCUT2D eigenvalue weighted by Gasteiger charge is 2.42. The molecule has 2 amide bonds. The highest BCUT2D eigenvalue weighted by Crippen LogP contribution is 2.41. The van der Waals surface area contributed by atoms with E-state index in [9.17, 15) is 9.59 Å². The van der Waals surface area contributed by atoms with Crippen LogP contribution in [0.1, 0.15) is 31.2 Å². The zero-order chi connectivity index (χ0) is 14.2. The van der Waals surface area contributed by atoms with Crippen LogP contribution in [0, 0.1) is 5.41 Å². The van der Waals surface area contributed by atoms with Gasteiger partial charge in [0, 0.05) is 24.3 Å². The second kappa shape index (κ2) is 4.90. The first kappa shape index (κ1) is 13.1. The van der Waals surface area contributed by atoms with Crippen molar-refractivity contribution in [1.29, 1.82) is 0 Å². The van der Waals surface area contributed by atoms with Crippen LogP contribution in [0.2, 0.25) is 0 Å². The molecule has 0 atom stereocenters. The molecule has 1 aliphatic heterocycles. The molecule has 0 bridgehead atoms. The molecular formula is C15H19N3O2. The van der Waals surface area contributed by atoms with Gasteiger partial charge in [-0.1, -0.05) is 6.42 Å². The van der Waals surface area contributed by atoms with Crippen LogP contribution in [0.4, 0.5) is 11.4 Å². The minimum absolute atomic E-state index is 0.0195. The number of amides is 2. The molecule has 5 nitrogen and oxygen atoms in total. The van der Waals surface area contributed by atoms with E-state index >= 15 is 0 Å². The van der Waals surface area contributed by atoms with E-state index in [1.165, 1.54) is 0 Å². The molecule has 0 aromatic heterocycles. The van der Waals surface area contributed by atoms with Crippen molar-refractivity contribution in [3.63, 3.8) is 0 Å². The van der Waals surface area contributed by atoms with Gasteiger partial charge in [-0.3, -0.25) is 9.59 Å². The van der Waals surface area contributed by atoms with Gasteiger partial charge in [-0.15, -0.1) is 0 Å². The zero-order valence-electron chi connectivity index (χ0n) is 11.4. The van der Waals surface area contributed by atoms with Crippen molar-refractivity contribution in [1.82, 2.24) is 0 Å². The Labute approximate surface area is 117 Å². The largest absolute Gasteiger partial charge is 0.329 e. The second-order valence-corrected chi connectivity index (χ2v) is 5.71. The number of carbonyl (C=O) groups is 2. The number of aryl methyl sites for hydroxylation is 1. The third-order valence-corrected chi connectivity index (χ3v) is 4.44. The molecule has 1 aromatic rings. The number of rotatable bonds is 3. The van der Waals surface area contributed by atoms with E-state index in [0.29, 0.717) is 19.4 Å². The zero-order valence-corrected chi connectivity index (χ0v) is 11.4. The van der Waals surface area contributed by atoms with Crippen LogP contribution in [0.3, 0.4) is 0 Å². The summed E-state index contributed by atoms with van der Waals surface area (Å²) in [5.74, 6) is 0.0666. The number of nitrogens with two attached hydrogens (primary N) is 1. The third-order valence-electron chi connectivity index (χ3n) is 4.44. The average Bonchev–Trinajstić information content (AvgIpc) is 2.38. The van der Waals surface area contributed by atoms with Crippen molar-refractivity contribution < 1.29 is 9.59 Å². The number of carbonyl (C=O) groups excluding carboxylic acids is 2.